The van der Waals surface area contributed by atoms with Gasteiger partial charge in [0.15, 0.2) is 0 Å². The van der Waals surface area contributed by atoms with Gasteiger partial charge >= 0.3 is 0 Å². The molecule has 0 saturated carbocycles. The van der Waals surface area contributed by atoms with E-state index in [1.165, 1.54) is 5.56 Å². The molecule has 0 aliphatic carbocycles. The number of amides is 1. The van der Waals surface area contributed by atoms with E-state index < -0.39 is 0 Å². The molecule has 1 N–H and O–H groups in total. The monoisotopic (exact) mass is 345 g/mol. The third kappa shape index (κ3) is 4.73. The first-order valence-electron chi connectivity index (χ1n) is 7.86. The zero-order valence-electron chi connectivity index (χ0n) is 14.6. The normalized spacial score (nSPS) is 12.1. The van der Waals surface area contributed by atoms with Crippen LogP contribution in [0.1, 0.15) is 22.0 Å². The molecule has 0 unspecified atom stereocenters. The molecule has 0 aliphatic rings. The lowest BCUT2D eigenvalue weighted by molar-refractivity contribution is 0.0942. The fraction of sp³-hybridized carbons (Fsp3) is 0.316. The molecule has 24 heavy (non-hydrogen) atoms. The van der Waals surface area contributed by atoms with Crippen molar-refractivity contribution in [2.45, 2.75) is 6.04 Å². The van der Waals surface area contributed by atoms with Gasteiger partial charge in [0.2, 0.25) is 0 Å². The molecule has 0 saturated heterocycles. The molecule has 0 spiro atoms. The highest BCUT2D eigenvalue weighted by Crippen LogP contribution is 2.21. The van der Waals surface area contributed by atoms with Crippen molar-refractivity contribution < 1.29 is 4.79 Å². The van der Waals surface area contributed by atoms with Gasteiger partial charge in [-0.15, -0.1) is 0 Å². The molecular weight excluding hydrogens is 322 g/mol. The summed E-state index contributed by atoms with van der Waals surface area (Å²) in [5.74, 6) is -0.0940. The first-order valence-corrected chi connectivity index (χ1v) is 8.23. The van der Waals surface area contributed by atoms with Crippen molar-refractivity contribution in [3.05, 3.63) is 64.7 Å². The highest BCUT2D eigenvalue weighted by Gasteiger charge is 2.16. The molecular formula is C19H24ClN3O. The van der Waals surface area contributed by atoms with E-state index in [-0.39, 0.29) is 11.9 Å². The zero-order chi connectivity index (χ0) is 17.7. The molecule has 2 aromatic rings. The van der Waals surface area contributed by atoms with E-state index in [2.05, 4.69) is 39.4 Å². The minimum Gasteiger partial charge on any atom is -0.378 e. The van der Waals surface area contributed by atoms with Crippen molar-refractivity contribution in [3.8, 4) is 0 Å². The minimum absolute atomic E-state index is 0.0940. The van der Waals surface area contributed by atoms with Crippen LogP contribution in [0.2, 0.25) is 5.02 Å². The number of nitrogens with zero attached hydrogens (tertiary/aromatic N) is 2. The van der Waals surface area contributed by atoms with Crippen LogP contribution in [-0.2, 0) is 0 Å². The molecule has 2 aromatic carbocycles. The van der Waals surface area contributed by atoms with Crippen LogP contribution < -0.4 is 10.2 Å². The van der Waals surface area contributed by atoms with Gasteiger partial charge in [-0.05, 0) is 56.1 Å². The van der Waals surface area contributed by atoms with Crippen molar-refractivity contribution in [2.24, 2.45) is 0 Å². The quantitative estimate of drug-likeness (QED) is 0.871. The van der Waals surface area contributed by atoms with Gasteiger partial charge < -0.3 is 15.1 Å². The van der Waals surface area contributed by atoms with Gasteiger partial charge in [0, 0.05) is 36.9 Å². The number of likely N-dealkylation sites (N-methyl/N-ethyl adjacent to an activating group) is 1. The van der Waals surface area contributed by atoms with Gasteiger partial charge in [-0.25, -0.2) is 0 Å². The summed E-state index contributed by atoms with van der Waals surface area (Å²) in [6.07, 6.45) is 0. The Morgan fingerprint density at radius 3 is 2.08 bits per heavy atom. The van der Waals surface area contributed by atoms with Crippen molar-refractivity contribution >= 4 is 23.2 Å². The molecule has 1 atom stereocenters. The standard InChI is InChI=1S/C19H24ClN3O/c1-22(2)17-11-7-14(8-12-17)18(23(3)4)13-21-19(24)15-5-9-16(20)10-6-15/h5-12,18H,13H2,1-4H3,(H,21,24)/t18-/m1/s1. The number of hydrogen-bond donors (Lipinski definition) is 1. The van der Waals surface area contributed by atoms with Gasteiger partial charge in [-0.2, -0.15) is 0 Å². The molecule has 0 radical (unpaired) electrons. The largest absolute Gasteiger partial charge is 0.378 e. The van der Waals surface area contributed by atoms with Crippen LogP contribution in [0.5, 0.6) is 0 Å². The first-order chi connectivity index (χ1) is 11.4. The second-order valence-electron chi connectivity index (χ2n) is 6.18. The summed E-state index contributed by atoms with van der Waals surface area (Å²) in [5, 5.41) is 3.63. The molecule has 1 amide bonds. The van der Waals surface area contributed by atoms with Crippen LogP contribution in [0.3, 0.4) is 0 Å². The van der Waals surface area contributed by atoms with Crippen LogP contribution in [0.15, 0.2) is 48.5 Å². The number of nitrogens with one attached hydrogen (secondary N) is 1. The Labute approximate surface area is 149 Å². The van der Waals surface area contributed by atoms with E-state index in [1.807, 2.05) is 28.2 Å². The second-order valence-corrected chi connectivity index (χ2v) is 6.62. The van der Waals surface area contributed by atoms with Gasteiger partial charge in [0.05, 0.1) is 6.04 Å². The Bertz CT molecular complexity index is 666. The molecule has 5 heteroatoms. The smallest absolute Gasteiger partial charge is 0.251 e. The molecule has 0 fully saturated rings. The lowest BCUT2D eigenvalue weighted by Gasteiger charge is -2.25. The molecule has 0 aromatic heterocycles. The molecule has 0 aliphatic heterocycles. The molecule has 0 heterocycles. The Balaban J connectivity index is 2.05. The topological polar surface area (TPSA) is 35.6 Å². The van der Waals surface area contributed by atoms with Gasteiger partial charge in [-0.1, -0.05) is 23.7 Å². The zero-order valence-corrected chi connectivity index (χ0v) is 15.3. The Morgan fingerprint density at radius 2 is 1.58 bits per heavy atom. The molecule has 2 rings (SSSR count). The molecule has 128 valence electrons. The summed E-state index contributed by atoms with van der Waals surface area (Å²) in [7, 11) is 8.06. The average Bonchev–Trinajstić information content (AvgIpc) is 2.55. The van der Waals surface area contributed by atoms with E-state index >= 15 is 0 Å². The maximum Gasteiger partial charge on any atom is 0.251 e. The summed E-state index contributed by atoms with van der Waals surface area (Å²) < 4.78 is 0. The third-order valence-corrected chi connectivity index (χ3v) is 4.23. The van der Waals surface area contributed by atoms with Crippen molar-refractivity contribution in [1.82, 2.24) is 10.2 Å². The van der Waals surface area contributed by atoms with E-state index in [1.54, 1.807) is 24.3 Å². The highest BCUT2D eigenvalue weighted by atomic mass is 35.5. The summed E-state index contributed by atoms with van der Waals surface area (Å²) in [4.78, 5) is 16.4. The number of carbonyl (C=O) groups excluding carboxylic acids is 1. The van der Waals surface area contributed by atoms with Crippen LogP contribution >= 0.6 is 11.6 Å². The average molecular weight is 346 g/mol. The van der Waals surface area contributed by atoms with Crippen molar-refractivity contribution in [2.75, 3.05) is 39.6 Å². The highest BCUT2D eigenvalue weighted by molar-refractivity contribution is 6.30. The third-order valence-electron chi connectivity index (χ3n) is 3.98. The van der Waals surface area contributed by atoms with Crippen LogP contribution in [0.25, 0.3) is 0 Å². The van der Waals surface area contributed by atoms with Crippen LogP contribution in [0, 0.1) is 0 Å². The van der Waals surface area contributed by atoms with Crippen molar-refractivity contribution in [3.63, 3.8) is 0 Å². The maximum atomic E-state index is 12.3. The summed E-state index contributed by atoms with van der Waals surface area (Å²) >= 11 is 5.86. The number of benzene rings is 2. The van der Waals surface area contributed by atoms with Crippen molar-refractivity contribution in [1.29, 1.82) is 0 Å². The van der Waals surface area contributed by atoms with Gasteiger partial charge in [0.25, 0.3) is 5.91 Å². The van der Waals surface area contributed by atoms with E-state index in [4.69, 9.17) is 11.6 Å². The van der Waals surface area contributed by atoms with E-state index in [0.29, 0.717) is 17.1 Å². The lowest BCUT2D eigenvalue weighted by atomic mass is 10.0. The minimum atomic E-state index is -0.0940. The second kappa shape index (κ2) is 8.18. The lowest BCUT2D eigenvalue weighted by Crippen LogP contribution is -2.34. The number of rotatable bonds is 6. The number of carbonyl (C=O) groups is 1. The SMILES string of the molecule is CN(C)c1ccc([C@@H](CNC(=O)c2ccc(Cl)cc2)N(C)C)cc1. The number of halogens is 1. The Kier molecular flexibility index (Phi) is 6.23. The Hall–Kier alpha value is -2.04. The van der Waals surface area contributed by atoms with Crippen LogP contribution in [0.4, 0.5) is 5.69 Å². The number of anilines is 1. The molecule has 4 nitrogen and oxygen atoms in total. The predicted octanol–water partition coefficient (Wildman–Crippen LogP) is 3.44. The van der Waals surface area contributed by atoms with Crippen LogP contribution in [-0.4, -0.2) is 45.5 Å². The summed E-state index contributed by atoms with van der Waals surface area (Å²) in [6.45, 7) is 0.537. The molecule has 0 bridgehead atoms. The van der Waals surface area contributed by atoms with E-state index in [0.717, 1.165) is 5.69 Å². The maximum absolute atomic E-state index is 12.3. The van der Waals surface area contributed by atoms with Gasteiger partial charge in [0.1, 0.15) is 0 Å². The fourth-order valence-corrected chi connectivity index (χ4v) is 2.61. The predicted molar refractivity (Wildman–Crippen MR) is 101 cm³/mol. The fourth-order valence-electron chi connectivity index (χ4n) is 2.49. The summed E-state index contributed by atoms with van der Waals surface area (Å²) in [5.41, 5.74) is 2.93. The Morgan fingerprint density at radius 1 is 1.00 bits per heavy atom. The summed E-state index contributed by atoms with van der Waals surface area (Å²) in [6, 6.07) is 15.4. The number of hydrogen-bond acceptors (Lipinski definition) is 3. The van der Waals surface area contributed by atoms with Gasteiger partial charge in [-0.3, -0.25) is 4.79 Å². The first kappa shape index (κ1) is 18.3. The van der Waals surface area contributed by atoms with E-state index in [9.17, 15) is 4.79 Å².